The summed E-state index contributed by atoms with van der Waals surface area (Å²) < 4.78 is 11.9. The number of hydrogen-bond donors (Lipinski definition) is 0. The molecule has 0 aliphatic carbocycles. The number of halogens is 1. The SMILES string of the molecule is C=CCOc1c(I)cc(/C=C2\SC(=O)N(Cc3ccccc3)C2=O)cc1OC. The summed E-state index contributed by atoms with van der Waals surface area (Å²) in [5.74, 6) is 0.889. The van der Waals surface area contributed by atoms with Gasteiger partial charge in [-0.3, -0.25) is 14.5 Å². The Morgan fingerprint density at radius 2 is 1.96 bits per heavy atom. The average molecular weight is 507 g/mol. The largest absolute Gasteiger partial charge is 0.493 e. The summed E-state index contributed by atoms with van der Waals surface area (Å²) in [5.41, 5.74) is 1.67. The van der Waals surface area contributed by atoms with Crippen LogP contribution in [0.15, 0.2) is 60.0 Å². The second-order valence-electron chi connectivity index (χ2n) is 5.89. The van der Waals surface area contributed by atoms with Crippen molar-refractivity contribution in [3.05, 3.63) is 74.7 Å². The highest BCUT2D eigenvalue weighted by molar-refractivity contribution is 14.1. The zero-order chi connectivity index (χ0) is 20.1. The van der Waals surface area contributed by atoms with Crippen molar-refractivity contribution in [1.29, 1.82) is 0 Å². The first-order chi connectivity index (χ1) is 13.5. The van der Waals surface area contributed by atoms with Crippen LogP contribution in [0, 0.1) is 3.57 Å². The molecule has 1 aliphatic rings. The Balaban J connectivity index is 1.85. The van der Waals surface area contributed by atoms with Gasteiger partial charge in [0.25, 0.3) is 11.1 Å². The van der Waals surface area contributed by atoms with Gasteiger partial charge in [-0.05, 0) is 63.7 Å². The van der Waals surface area contributed by atoms with E-state index in [1.807, 2.05) is 36.4 Å². The fourth-order valence-electron chi connectivity index (χ4n) is 2.66. The Kier molecular flexibility index (Phi) is 6.79. The van der Waals surface area contributed by atoms with Crippen molar-refractivity contribution in [2.24, 2.45) is 0 Å². The van der Waals surface area contributed by atoms with Crippen LogP contribution in [-0.2, 0) is 11.3 Å². The van der Waals surface area contributed by atoms with E-state index in [9.17, 15) is 9.59 Å². The van der Waals surface area contributed by atoms with Crippen molar-refractivity contribution in [3.63, 3.8) is 0 Å². The van der Waals surface area contributed by atoms with E-state index in [-0.39, 0.29) is 17.7 Å². The number of benzene rings is 2. The maximum absolute atomic E-state index is 12.7. The molecule has 7 heteroatoms. The van der Waals surface area contributed by atoms with Gasteiger partial charge in [0.05, 0.1) is 22.1 Å². The van der Waals surface area contributed by atoms with Crippen molar-refractivity contribution in [3.8, 4) is 11.5 Å². The molecule has 0 saturated carbocycles. The molecule has 2 amide bonds. The number of amides is 2. The molecule has 0 unspecified atom stereocenters. The van der Waals surface area contributed by atoms with Gasteiger partial charge in [-0.1, -0.05) is 43.0 Å². The zero-order valence-electron chi connectivity index (χ0n) is 15.2. The van der Waals surface area contributed by atoms with Gasteiger partial charge < -0.3 is 9.47 Å². The zero-order valence-corrected chi connectivity index (χ0v) is 18.2. The van der Waals surface area contributed by atoms with Crippen molar-refractivity contribution >= 4 is 51.6 Å². The lowest BCUT2D eigenvalue weighted by Gasteiger charge is -2.13. The summed E-state index contributed by atoms with van der Waals surface area (Å²) in [5, 5.41) is -0.271. The third kappa shape index (κ3) is 4.59. The number of hydrogen-bond acceptors (Lipinski definition) is 5. The van der Waals surface area contributed by atoms with Crippen LogP contribution >= 0.6 is 34.4 Å². The van der Waals surface area contributed by atoms with Gasteiger partial charge >= 0.3 is 0 Å². The van der Waals surface area contributed by atoms with E-state index < -0.39 is 0 Å². The Bertz CT molecular complexity index is 943. The summed E-state index contributed by atoms with van der Waals surface area (Å²) >= 11 is 3.10. The van der Waals surface area contributed by atoms with E-state index in [1.165, 1.54) is 4.90 Å². The monoisotopic (exact) mass is 507 g/mol. The molecule has 0 bridgehead atoms. The molecule has 0 atom stereocenters. The minimum atomic E-state index is -0.292. The highest BCUT2D eigenvalue weighted by atomic mass is 127. The first-order valence-electron chi connectivity index (χ1n) is 8.44. The number of methoxy groups -OCH3 is 1. The second kappa shape index (κ2) is 9.29. The molecular weight excluding hydrogens is 489 g/mol. The fourth-order valence-corrected chi connectivity index (χ4v) is 4.28. The molecule has 144 valence electrons. The molecule has 1 fully saturated rings. The summed E-state index contributed by atoms with van der Waals surface area (Å²) in [6.07, 6.45) is 3.37. The normalized spacial score (nSPS) is 15.2. The second-order valence-corrected chi connectivity index (χ2v) is 8.04. The topological polar surface area (TPSA) is 55.8 Å². The molecule has 0 spiro atoms. The van der Waals surface area contributed by atoms with Crippen LogP contribution in [0.5, 0.6) is 11.5 Å². The standard InChI is InChI=1S/C21H18INO4S/c1-3-9-27-19-16(22)10-15(11-17(19)26-2)12-18-20(24)23(21(25)28-18)13-14-7-5-4-6-8-14/h3-8,10-12H,1,9,13H2,2H3/b18-12-. The number of nitrogens with zero attached hydrogens (tertiary/aromatic N) is 1. The fraction of sp³-hybridized carbons (Fsp3) is 0.143. The number of imide groups is 1. The van der Waals surface area contributed by atoms with Gasteiger partial charge in [0, 0.05) is 0 Å². The molecule has 2 aromatic rings. The molecule has 2 aromatic carbocycles. The molecule has 5 nitrogen and oxygen atoms in total. The van der Waals surface area contributed by atoms with Gasteiger partial charge in [-0.15, -0.1) is 0 Å². The molecular formula is C21H18INO4S. The van der Waals surface area contributed by atoms with E-state index in [4.69, 9.17) is 9.47 Å². The molecule has 3 rings (SSSR count). The third-order valence-electron chi connectivity index (χ3n) is 3.95. The number of thioether (sulfide) groups is 1. The molecule has 1 saturated heterocycles. The van der Waals surface area contributed by atoms with E-state index in [2.05, 4.69) is 29.2 Å². The number of rotatable bonds is 7. The minimum absolute atomic E-state index is 0.262. The number of carbonyl (C=O) groups is 2. The van der Waals surface area contributed by atoms with Crippen LogP contribution in [0.4, 0.5) is 4.79 Å². The van der Waals surface area contributed by atoms with Crippen LogP contribution in [0.3, 0.4) is 0 Å². The van der Waals surface area contributed by atoms with E-state index in [0.29, 0.717) is 23.0 Å². The summed E-state index contributed by atoms with van der Waals surface area (Å²) in [4.78, 5) is 26.7. The molecule has 0 aromatic heterocycles. The Morgan fingerprint density at radius 1 is 1.21 bits per heavy atom. The lowest BCUT2D eigenvalue weighted by Crippen LogP contribution is -2.27. The Hall–Kier alpha value is -2.26. The van der Waals surface area contributed by atoms with Gasteiger partial charge in [-0.25, -0.2) is 0 Å². The molecule has 0 N–H and O–H groups in total. The number of carbonyl (C=O) groups excluding carboxylic acids is 2. The first kappa shape index (κ1) is 20.5. The maximum atomic E-state index is 12.7. The quantitative estimate of drug-likeness (QED) is 0.297. The van der Waals surface area contributed by atoms with Gasteiger partial charge in [0.15, 0.2) is 11.5 Å². The molecule has 0 radical (unpaired) electrons. The van der Waals surface area contributed by atoms with Crippen LogP contribution in [0.1, 0.15) is 11.1 Å². The molecule has 1 aliphatic heterocycles. The smallest absolute Gasteiger partial charge is 0.293 e. The third-order valence-corrected chi connectivity index (χ3v) is 5.66. The van der Waals surface area contributed by atoms with Crippen molar-refractivity contribution in [2.75, 3.05) is 13.7 Å². The van der Waals surface area contributed by atoms with Crippen molar-refractivity contribution in [1.82, 2.24) is 4.90 Å². The van der Waals surface area contributed by atoms with Crippen LogP contribution < -0.4 is 9.47 Å². The molecule has 1 heterocycles. The van der Waals surface area contributed by atoms with Gasteiger partial charge in [0.1, 0.15) is 6.61 Å². The van der Waals surface area contributed by atoms with E-state index >= 15 is 0 Å². The predicted octanol–water partition coefficient (Wildman–Crippen LogP) is 5.10. The Morgan fingerprint density at radius 3 is 2.64 bits per heavy atom. The van der Waals surface area contributed by atoms with E-state index in [0.717, 1.165) is 26.5 Å². The summed E-state index contributed by atoms with van der Waals surface area (Å²) in [6, 6.07) is 13.1. The van der Waals surface area contributed by atoms with Crippen LogP contribution in [0.25, 0.3) is 6.08 Å². The van der Waals surface area contributed by atoms with Gasteiger partial charge in [-0.2, -0.15) is 0 Å². The van der Waals surface area contributed by atoms with Gasteiger partial charge in [0.2, 0.25) is 0 Å². The highest BCUT2D eigenvalue weighted by Gasteiger charge is 2.35. The number of ether oxygens (including phenoxy) is 2. The van der Waals surface area contributed by atoms with E-state index in [1.54, 1.807) is 25.3 Å². The summed E-state index contributed by atoms with van der Waals surface area (Å²) in [6.45, 7) is 4.27. The summed E-state index contributed by atoms with van der Waals surface area (Å²) in [7, 11) is 1.56. The highest BCUT2D eigenvalue weighted by Crippen LogP contribution is 2.37. The maximum Gasteiger partial charge on any atom is 0.293 e. The Labute approximate surface area is 181 Å². The van der Waals surface area contributed by atoms with Crippen LogP contribution in [-0.4, -0.2) is 29.8 Å². The van der Waals surface area contributed by atoms with Crippen LogP contribution in [0.2, 0.25) is 0 Å². The lowest BCUT2D eigenvalue weighted by atomic mass is 10.1. The average Bonchev–Trinajstić information content (AvgIpc) is 2.95. The minimum Gasteiger partial charge on any atom is -0.493 e. The molecule has 28 heavy (non-hydrogen) atoms. The van der Waals surface area contributed by atoms with Crippen molar-refractivity contribution < 1.29 is 19.1 Å². The predicted molar refractivity (Wildman–Crippen MR) is 119 cm³/mol. The van der Waals surface area contributed by atoms with Crippen molar-refractivity contribution in [2.45, 2.75) is 6.54 Å². The first-order valence-corrected chi connectivity index (χ1v) is 10.3. The lowest BCUT2D eigenvalue weighted by molar-refractivity contribution is -0.123.